The number of aryl methyl sites for hydroxylation is 2. The van der Waals surface area contributed by atoms with Crippen LogP contribution in [0, 0.1) is 13.8 Å². The first-order valence-corrected chi connectivity index (χ1v) is 13.0. The summed E-state index contributed by atoms with van der Waals surface area (Å²) in [6.45, 7) is 7.95. The highest BCUT2D eigenvalue weighted by molar-refractivity contribution is 6.15. The van der Waals surface area contributed by atoms with E-state index in [9.17, 15) is 19.2 Å². The van der Waals surface area contributed by atoms with Crippen LogP contribution in [0.25, 0.3) is 65.2 Å². The van der Waals surface area contributed by atoms with Crippen LogP contribution in [-0.4, -0.2) is 9.97 Å². The van der Waals surface area contributed by atoms with E-state index in [1.165, 1.54) is 6.42 Å². The van der Waals surface area contributed by atoms with Crippen molar-refractivity contribution in [3.8, 4) is 0 Å². The van der Waals surface area contributed by atoms with Gasteiger partial charge in [-0.2, -0.15) is 0 Å². The summed E-state index contributed by atoms with van der Waals surface area (Å²) in [6, 6.07) is 17.1. The van der Waals surface area contributed by atoms with E-state index in [0.29, 0.717) is 65.2 Å². The minimum absolute atomic E-state index is 0.196. The molecule has 0 radical (unpaired) electrons. The fraction of sp³-hybridized carbons (Fsp3) is 0.152. The molecule has 0 saturated heterocycles. The van der Waals surface area contributed by atoms with Gasteiger partial charge in [-0.05, 0) is 37.1 Å². The normalized spacial score (nSPS) is 11.6. The van der Waals surface area contributed by atoms with Gasteiger partial charge in [-0.25, -0.2) is 0 Å². The molecule has 0 aliphatic heterocycles. The summed E-state index contributed by atoms with van der Waals surface area (Å²) in [5.41, 5.74) is 2.85. The molecule has 1 aromatic heterocycles. The van der Waals surface area contributed by atoms with E-state index >= 15 is 0 Å². The van der Waals surface area contributed by atoms with Crippen molar-refractivity contribution in [3.05, 3.63) is 113 Å². The molecule has 0 bridgehead atoms. The van der Waals surface area contributed by atoms with Crippen LogP contribution in [0.1, 0.15) is 31.4 Å². The Hall–Kier alpha value is -4.84. The first kappa shape index (κ1) is 24.5. The van der Waals surface area contributed by atoms with Crippen LogP contribution in [0.2, 0.25) is 0 Å². The first-order valence-electron chi connectivity index (χ1n) is 13.0. The predicted octanol–water partition coefficient (Wildman–Crippen LogP) is 6.17. The lowest BCUT2D eigenvalue weighted by molar-refractivity contribution is 1.09. The van der Waals surface area contributed by atoms with Gasteiger partial charge in [0.05, 0.1) is 32.8 Å². The Morgan fingerprint density at radius 1 is 0.487 bits per heavy atom. The highest BCUT2D eigenvalue weighted by Gasteiger charge is 2.19. The largest absolute Gasteiger partial charge is 0.351 e. The molecular weight excluding hydrogens is 488 g/mol. The summed E-state index contributed by atoms with van der Waals surface area (Å²) in [5, 5.41) is 2.84. The molecule has 0 spiro atoms. The molecule has 6 aromatic carbocycles. The quantitative estimate of drug-likeness (QED) is 0.187. The van der Waals surface area contributed by atoms with Gasteiger partial charge in [0.25, 0.3) is 0 Å². The Kier molecular flexibility index (Phi) is 5.57. The Morgan fingerprint density at radius 3 is 1.13 bits per heavy atom. The molecule has 192 valence electrons. The van der Waals surface area contributed by atoms with Gasteiger partial charge in [-0.1, -0.05) is 68.8 Å². The molecule has 0 fully saturated rings. The lowest BCUT2D eigenvalue weighted by Gasteiger charge is -2.14. The van der Waals surface area contributed by atoms with Crippen molar-refractivity contribution in [2.45, 2.75) is 34.1 Å². The van der Waals surface area contributed by atoms with Gasteiger partial charge in [-0.15, -0.1) is 0 Å². The molecule has 0 saturated carbocycles. The van der Waals surface area contributed by atoms with Crippen LogP contribution in [-0.2, 0) is 0 Å². The standard InChI is InChI=1S/C30H18N2O4.C3H8/c1-13-11-19-21(29(35)17-9-5-3-7-15(17)27(19)33)25-23(13)31-26-22-20(12-14(2)24(26)32-25)28(34)16-8-4-6-10-18(16)30(22)36;1-3-2/h3-12,31-32H,1-2H3;3H2,1-2H3. The number of aromatic amines is 2. The molecule has 6 nitrogen and oxygen atoms in total. The highest BCUT2D eigenvalue weighted by Crippen LogP contribution is 2.30. The monoisotopic (exact) mass is 514 g/mol. The number of H-pyrrole nitrogens is 2. The van der Waals surface area contributed by atoms with Crippen molar-refractivity contribution < 1.29 is 0 Å². The van der Waals surface area contributed by atoms with Gasteiger partial charge in [0.2, 0.25) is 0 Å². The molecule has 7 aromatic rings. The molecule has 0 amide bonds. The zero-order valence-electron chi connectivity index (χ0n) is 22.1. The lowest BCUT2D eigenvalue weighted by atomic mass is 9.97. The maximum absolute atomic E-state index is 13.6. The van der Waals surface area contributed by atoms with Crippen LogP contribution in [0.15, 0.2) is 79.8 Å². The Morgan fingerprint density at radius 2 is 0.795 bits per heavy atom. The summed E-state index contributed by atoms with van der Waals surface area (Å²) in [4.78, 5) is 60.5. The van der Waals surface area contributed by atoms with Crippen molar-refractivity contribution in [2.24, 2.45) is 0 Å². The Labute approximate surface area is 221 Å². The van der Waals surface area contributed by atoms with Gasteiger partial charge < -0.3 is 9.97 Å². The zero-order valence-corrected chi connectivity index (χ0v) is 22.1. The number of rotatable bonds is 0. The molecule has 0 atom stereocenters. The summed E-state index contributed by atoms with van der Waals surface area (Å²) >= 11 is 0. The van der Waals surface area contributed by atoms with Gasteiger partial charge in [0, 0.05) is 32.3 Å². The topological polar surface area (TPSA) is 99.9 Å². The molecule has 7 rings (SSSR count). The Balaban J connectivity index is 0.000000883. The molecule has 0 unspecified atom stereocenters. The number of fused-ring (bicyclic) bond motifs is 8. The number of benzene rings is 6. The van der Waals surface area contributed by atoms with E-state index in [4.69, 9.17) is 0 Å². The van der Waals surface area contributed by atoms with Crippen LogP contribution >= 0.6 is 0 Å². The molecule has 39 heavy (non-hydrogen) atoms. The summed E-state index contributed by atoms with van der Waals surface area (Å²) in [7, 11) is 0. The number of hydrogen-bond acceptors (Lipinski definition) is 4. The predicted molar refractivity (Wildman–Crippen MR) is 162 cm³/mol. The van der Waals surface area contributed by atoms with E-state index in [1.807, 2.05) is 13.8 Å². The minimum Gasteiger partial charge on any atom is -0.351 e. The summed E-state index contributed by atoms with van der Waals surface area (Å²) in [5.74, 6) is 0. The lowest BCUT2D eigenvalue weighted by Crippen LogP contribution is -2.15. The molecule has 0 aliphatic carbocycles. The second kappa shape index (κ2) is 8.88. The number of aromatic nitrogens is 2. The molecule has 2 N–H and O–H groups in total. The van der Waals surface area contributed by atoms with E-state index in [0.717, 1.165) is 11.1 Å². The maximum Gasteiger partial charge on any atom is 0.196 e. The smallest absolute Gasteiger partial charge is 0.196 e. The summed E-state index contributed by atoms with van der Waals surface area (Å²) < 4.78 is 0. The van der Waals surface area contributed by atoms with Crippen molar-refractivity contribution in [1.82, 2.24) is 9.97 Å². The zero-order chi connectivity index (χ0) is 27.6. The average Bonchev–Trinajstić information content (AvgIpc) is 2.94. The minimum atomic E-state index is -0.231. The highest BCUT2D eigenvalue weighted by atomic mass is 16.1. The van der Waals surface area contributed by atoms with Crippen molar-refractivity contribution in [1.29, 1.82) is 0 Å². The SMILES string of the molecule is CCC.Cc1cc2c(=O)c3ccccc3c(=O)c2c2[nH]c3c(C)cc4c(=O)c5ccccc5c(=O)c4c3[nH]c12. The van der Waals surface area contributed by atoms with Crippen LogP contribution < -0.4 is 21.7 Å². The second-order valence-corrected chi connectivity index (χ2v) is 10.1. The van der Waals surface area contributed by atoms with Crippen molar-refractivity contribution in [3.63, 3.8) is 0 Å². The maximum atomic E-state index is 13.6. The third kappa shape index (κ3) is 3.41. The molecule has 1 heterocycles. The number of hydrogen-bond donors (Lipinski definition) is 2. The molecule has 0 aliphatic rings. The van der Waals surface area contributed by atoms with Crippen LogP contribution in [0.5, 0.6) is 0 Å². The van der Waals surface area contributed by atoms with E-state index < -0.39 is 0 Å². The van der Waals surface area contributed by atoms with Crippen molar-refractivity contribution >= 4 is 65.2 Å². The number of nitrogens with one attached hydrogen (secondary N) is 2. The van der Waals surface area contributed by atoms with Gasteiger partial charge >= 0.3 is 0 Å². The van der Waals surface area contributed by atoms with E-state index in [1.54, 1.807) is 60.7 Å². The average molecular weight is 515 g/mol. The van der Waals surface area contributed by atoms with Crippen LogP contribution in [0.3, 0.4) is 0 Å². The van der Waals surface area contributed by atoms with E-state index in [-0.39, 0.29) is 21.7 Å². The second-order valence-electron chi connectivity index (χ2n) is 10.1. The van der Waals surface area contributed by atoms with Gasteiger partial charge in [-0.3, -0.25) is 19.2 Å². The Bertz CT molecular complexity index is 2220. The first-order chi connectivity index (χ1) is 18.8. The van der Waals surface area contributed by atoms with Crippen LogP contribution in [0.4, 0.5) is 0 Å². The third-order valence-corrected chi connectivity index (χ3v) is 7.33. The van der Waals surface area contributed by atoms with Gasteiger partial charge in [0.1, 0.15) is 0 Å². The molecular formula is C33H26N2O4. The molecule has 6 heteroatoms. The third-order valence-electron chi connectivity index (χ3n) is 7.33. The summed E-state index contributed by atoms with van der Waals surface area (Å²) in [6.07, 6.45) is 1.25. The fourth-order valence-corrected chi connectivity index (χ4v) is 5.61. The van der Waals surface area contributed by atoms with E-state index in [2.05, 4.69) is 23.8 Å². The fourth-order valence-electron chi connectivity index (χ4n) is 5.61. The van der Waals surface area contributed by atoms with Gasteiger partial charge in [0.15, 0.2) is 21.7 Å². The van der Waals surface area contributed by atoms with Crippen molar-refractivity contribution in [2.75, 3.05) is 0 Å².